The highest BCUT2D eigenvalue weighted by Gasteiger charge is 2.21. The number of anilines is 1. The normalized spacial score (nSPS) is 12.0. The van der Waals surface area contributed by atoms with Crippen molar-refractivity contribution in [2.24, 2.45) is 0 Å². The number of aromatic nitrogens is 3. The molecule has 1 amide bonds. The van der Waals surface area contributed by atoms with Gasteiger partial charge in [0.2, 0.25) is 5.91 Å². The molecule has 0 saturated heterocycles. The maximum Gasteiger partial charge on any atom is 0.237 e. The van der Waals surface area contributed by atoms with E-state index in [-0.39, 0.29) is 5.69 Å². The Morgan fingerprint density at radius 2 is 2.00 bits per heavy atom. The Kier molecular flexibility index (Phi) is 6.64. The van der Waals surface area contributed by atoms with Crippen LogP contribution in [0.25, 0.3) is 11.4 Å². The molecule has 1 N–H and O–H groups in total. The van der Waals surface area contributed by atoms with Gasteiger partial charge in [0, 0.05) is 18.2 Å². The molecule has 0 radical (unpaired) electrons. The zero-order valence-corrected chi connectivity index (χ0v) is 17.3. The molecular formula is C21H22F2N4OS. The third-order valence-corrected chi connectivity index (χ3v) is 5.36. The van der Waals surface area contributed by atoms with Crippen molar-refractivity contribution in [3.63, 3.8) is 0 Å². The molecule has 5 nitrogen and oxygen atoms in total. The molecule has 3 rings (SSSR count). The molecule has 0 aliphatic rings. The van der Waals surface area contributed by atoms with Crippen molar-refractivity contribution >= 4 is 23.4 Å². The zero-order valence-electron chi connectivity index (χ0n) is 16.4. The standard InChI is InChI=1S/C21H22F2N4OS/c1-4-10-27-19(15-7-5-6-13(2)11-15)25-26-21(27)29-14(3)20(28)24-18-9-8-16(22)12-17(18)23/h5-9,11-12,14H,4,10H2,1-3H3,(H,24,28)/t14-/m1/s1. The number of nitrogens with zero attached hydrogens (tertiary/aromatic N) is 3. The maximum absolute atomic E-state index is 13.8. The maximum atomic E-state index is 13.8. The Morgan fingerprint density at radius 1 is 1.21 bits per heavy atom. The van der Waals surface area contributed by atoms with Crippen molar-refractivity contribution in [3.05, 3.63) is 59.7 Å². The molecule has 0 unspecified atom stereocenters. The first kappa shape index (κ1) is 21.0. The summed E-state index contributed by atoms with van der Waals surface area (Å²) in [5.41, 5.74) is 2.03. The summed E-state index contributed by atoms with van der Waals surface area (Å²) in [6.07, 6.45) is 0.881. The summed E-state index contributed by atoms with van der Waals surface area (Å²) in [6, 6.07) is 11.0. The SMILES string of the molecule is CCCn1c(S[C@H](C)C(=O)Nc2ccc(F)cc2F)nnc1-c1cccc(C)c1. The van der Waals surface area contributed by atoms with E-state index in [1.165, 1.54) is 17.8 Å². The lowest BCUT2D eigenvalue weighted by molar-refractivity contribution is -0.115. The van der Waals surface area contributed by atoms with E-state index in [9.17, 15) is 13.6 Å². The number of benzene rings is 2. The van der Waals surface area contributed by atoms with Crippen LogP contribution in [0.2, 0.25) is 0 Å². The first-order chi connectivity index (χ1) is 13.9. The number of carbonyl (C=O) groups excluding carboxylic acids is 1. The van der Waals surface area contributed by atoms with E-state index >= 15 is 0 Å². The van der Waals surface area contributed by atoms with Gasteiger partial charge in [0.25, 0.3) is 0 Å². The molecule has 2 aromatic carbocycles. The smallest absolute Gasteiger partial charge is 0.237 e. The van der Waals surface area contributed by atoms with Gasteiger partial charge in [-0.05, 0) is 38.5 Å². The van der Waals surface area contributed by atoms with E-state index in [1.54, 1.807) is 6.92 Å². The predicted molar refractivity (Wildman–Crippen MR) is 111 cm³/mol. The molecule has 0 spiro atoms. The summed E-state index contributed by atoms with van der Waals surface area (Å²) >= 11 is 1.25. The van der Waals surface area contributed by atoms with Crippen LogP contribution in [-0.2, 0) is 11.3 Å². The van der Waals surface area contributed by atoms with E-state index in [0.29, 0.717) is 11.7 Å². The molecule has 0 aliphatic heterocycles. The number of rotatable bonds is 7. The second kappa shape index (κ2) is 9.17. The van der Waals surface area contributed by atoms with Crippen LogP contribution in [0.1, 0.15) is 25.8 Å². The van der Waals surface area contributed by atoms with Gasteiger partial charge in [-0.1, -0.05) is 42.4 Å². The number of halogens is 2. The highest BCUT2D eigenvalue weighted by Crippen LogP contribution is 2.28. The van der Waals surface area contributed by atoms with E-state index in [0.717, 1.165) is 35.5 Å². The molecular weight excluding hydrogens is 394 g/mol. The monoisotopic (exact) mass is 416 g/mol. The topological polar surface area (TPSA) is 59.8 Å². The number of amides is 1. The third-order valence-electron chi connectivity index (χ3n) is 4.28. The molecule has 1 aromatic heterocycles. The molecule has 1 heterocycles. The van der Waals surface area contributed by atoms with Crippen LogP contribution in [0.5, 0.6) is 0 Å². The van der Waals surface area contributed by atoms with E-state index in [2.05, 4.69) is 22.4 Å². The van der Waals surface area contributed by atoms with Gasteiger partial charge >= 0.3 is 0 Å². The fraction of sp³-hybridized carbons (Fsp3) is 0.286. The number of carbonyl (C=O) groups is 1. The molecule has 0 bridgehead atoms. The highest BCUT2D eigenvalue weighted by atomic mass is 32.2. The lowest BCUT2D eigenvalue weighted by Gasteiger charge is -2.14. The molecule has 29 heavy (non-hydrogen) atoms. The second-order valence-corrected chi connectivity index (χ2v) is 8.01. The quantitative estimate of drug-likeness (QED) is 0.547. The van der Waals surface area contributed by atoms with Crippen LogP contribution in [0.15, 0.2) is 47.6 Å². The predicted octanol–water partition coefficient (Wildman–Crippen LogP) is 5.06. The van der Waals surface area contributed by atoms with Gasteiger partial charge < -0.3 is 9.88 Å². The Hall–Kier alpha value is -2.74. The van der Waals surface area contributed by atoms with Gasteiger partial charge in [0.15, 0.2) is 11.0 Å². The van der Waals surface area contributed by atoms with Crippen molar-refractivity contribution < 1.29 is 13.6 Å². The Bertz CT molecular complexity index is 1020. The van der Waals surface area contributed by atoms with Gasteiger partial charge in [-0.2, -0.15) is 0 Å². The van der Waals surface area contributed by atoms with Gasteiger partial charge in [-0.3, -0.25) is 4.79 Å². The first-order valence-electron chi connectivity index (χ1n) is 9.32. The summed E-state index contributed by atoms with van der Waals surface area (Å²) in [5, 5.41) is 11.2. The van der Waals surface area contributed by atoms with Crippen molar-refractivity contribution in [1.29, 1.82) is 0 Å². The Balaban J connectivity index is 1.79. The van der Waals surface area contributed by atoms with Gasteiger partial charge in [0.1, 0.15) is 11.6 Å². The highest BCUT2D eigenvalue weighted by molar-refractivity contribution is 8.00. The molecule has 0 aliphatic carbocycles. The van der Waals surface area contributed by atoms with Gasteiger partial charge in [-0.15, -0.1) is 10.2 Å². The first-order valence-corrected chi connectivity index (χ1v) is 10.2. The minimum absolute atomic E-state index is 0.0562. The molecule has 8 heteroatoms. The van der Waals surface area contributed by atoms with Crippen LogP contribution in [-0.4, -0.2) is 25.9 Å². The number of hydrogen-bond donors (Lipinski definition) is 1. The Morgan fingerprint density at radius 3 is 2.69 bits per heavy atom. The molecule has 0 fully saturated rings. The van der Waals surface area contributed by atoms with E-state index in [1.807, 2.05) is 35.8 Å². The Labute approximate surface area is 172 Å². The van der Waals surface area contributed by atoms with Crippen LogP contribution >= 0.6 is 11.8 Å². The summed E-state index contributed by atoms with van der Waals surface area (Å²) in [4.78, 5) is 12.5. The van der Waals surface area contributed by atoms with Crippen LogP contribution in [0.3, 0.4) is 0 Å². The lowest BCUT2D eigenvalue weighted by atomic mass is 10.1. The van der Waals surface area contributed by atoms with Crippen molar-refractivity contribution in [2.45, 2.75) is 44.1 Å². The van der Waals surface area contributed by atoms with E-state index < -0.39 is 22.8 Å². The molecule has 3 aromatic rings. The fourth-order valence-electron chi connectivity index (χ4n) is 2.84. The van der Waals surface area contributed by atoms with Crippen LogP contribution in [0, 0.1) is 18.6 Å². The average molecular weight is 416 g/mol. The molecule has 0 saturated carbocycles. The van der Waals surface area contributed by atoms with E-state index in [4.69, 9.17) is 0 Å². The summed E-state index contributed by atoms with van der Waals surface area (Å²) in [7, 11) is 0. The average Bonchev–Trinajstić information content (AvgIpc) is 3.06. The number of thioether (sulfide) groups is 1. The summed E-state index contributed by atoms with van der Waals surface area (Å²) in [6.45, 7) is 6.49. The molecule has 152 valence electrons. The lowest BCUT2D eigenvalue weighted by Crippen LogP contribution is -2.23. The van der Waals surface area contributed by atoms with Crippen molar-refractivity contribution in [1.82, 2.24) is 14.8 Å². The summed E-state index contributed by atoms with van der Waals surface area (Å²) < 4.78 is 28.8. The molecule has 1 atom stereocenters. The number of aryl methyl sites for hydroxylation is 1. The van der Waals surface area contributed by atoms with Gasteiger partial charge in [0.05, 0.1) is 10.9 Å². The zero-order chi connectivity index (χ0) is 21.0. The van der Waals surface area contributed by atoms with Gasteiger partial charge in [-0.25, -0.2) is 8.78 Å². The minimum Gasteiger partial charge on any atom is -0.323 e. The van der Waals surface area contributed by atoms with Crippen molar-refractivity contribution in [3.8, 4) is 11.4 Å². The van der Waals surface area contributed by atoms with Crippen LogP contribution in [0.4, 0.5) is 14.5 Å². The number of hydrogen-bond acceptors (Lipinski definition) is 4. The van der Waals surface area contributed by atoms with Crippen molar-refractivity contribution in [2.75, 3.05) is 5.32 Å². The largest absolute Gasteiger partial charge is 0.323 e. The second-order valence-electron chi connectivity index (χ2n) is 6.70. The third kappa shape index (κ3) is 5.00. The fourth-order valence-corrected chi connectivity index (χ4v) is 3.71. The summed E-state index contributed by atoms with van der Waals surface area (Å²) in [5.74, 6) is -1.16. The van der Waals surface area contributed by atoms with Crippen LogP contribution < -0.4 is 5.32 Å². The number of nitrogens with one attached hydrogen (secondary N) is 1. The minimum atomic E-state index is -0.813.